The molecular formula is C15H15N3O2. The van der Waals surface area contributed by atoms with Crippen LogP contribution < -0.4 is 4.90 Å². The number of carbonyl (C=O) groups is 2. The fourth-order valence-electron chi connectivity index (χ4n) is 2.55. The molecule has 0 saturated carbocycles. The monoisotopic (exact) mass is 269 g/mol. The number of Topliss-reactive ketones (excluding diaryl/α,β-unsaturated/α-hetero) is 1. The molecule has 102 valence electrons. The summed E-state index contributed by atoms with van der Waals surface area (Å²) in [4.78, 5) is 25.7. The lowest BCUT2D eigenvalue weighted by atomic mass is 10.1. The standard InChI is InChI=1S/C15H15N3O2/c1-9-4-5-13-12(6-9)14(19)15(20)18(13)8-11-7-10(2)16-17(11)3/h4-7H,8H2,1-3H3. The van der Waals surface area contributed by atoms with E-state index in [2.05, 4.69) is 5.10 Å². The number of hydrogen-bond acceptors (Lipinski definition) is 3. The van der Waals surface area contributed by atoms with Gasteiger partial charge in [0, 0.05) is 7.05 Å². The summed E-state index contributed by atoms with van der Waals surface area (Å²) in [6.07, 6.45) is 0. The van der Waals surface area contributed by atoms with Crippen LogP contribution >= 0.6 is 0 Å². The normalized spacial score (nSPS) is 14.1. The maximum Gasteiger partial charge on any atom is 0.299 e. The number of amides is 1. The Morgan fingerprint density at radius 2 is 1.90 bits per heavy atom. The number of aromatic nitrogens is 2. The summed E-state index contributed by atoms with van der Waals surface area (Å²) in [5.41, 5.74) is 3.95. The highest BCUT2D eigenvalue weighted by Crippen LogP contribution is 2.30. The number of fused-ring (bicyclic) bond motifs is 1. The molecular weight excluding hydrogens is 254 g/mol. The minimum atomic E-state index is -0.468. The fourth-order valence-corrected chi connectivity index (χ4v) is 2.55. The maximum atomic E-state index is 12.1. The molecule has 20 heavy (non-hydrogen) atoms. The van der Waals surface area contributed by atoms with Crippen LogP contribution in [0.3, 0.4) is 0 Å². The average Bonchev–Trinajstić information content (AvgIpc) is 2.83. The number of nitrogens with zero attached hydrogens (tertiary/aromatic N) is 3. The van der Waals surface area contributed by atoms with Crippen LogP contribution in [0.4, 0.5) is 5.69 Å². The van der Waals surface area contributed by atoms with E-state index in [0.717, 1.165) is 17.0 Å². The number of aryl methyl sites for hydroxylation is 3. The minimum absolute atomic E-state index is 0.359. The summed E-state index contributed by atoms with van der Waals surface area (Å²) in [7, 11) is 1.83. The molecule has 0 unspecified atom stereocenters. The molecule has 1 aliphatic rings. The van der Waals surface area contributed by atoms with Crippen LogP contribution in [0.1, 0.15) is 27.3 Å². The molecule has 5 heteroatoms. The number of rotatable bonds is 2. The van der Waals surface area contributed by atoms with Crippen LogP contribution in [0, 0.1) is 13.8 Å². The Labute approximate surface area is 116 Å². The summed E-state index contributed by atoms with van der Waals surface area (Å²) >= 11 is 0. The molecule has 0 bridgehead atoms. The Morgan fingerprint density at radius 1 is 1.15 bits per heavy atom. The van der Waals surface area contributed by atoms with Gasteiger partial charge in [-0.25, -0.2) is 0 Å². The van der Waals surface area contributed by atoms with Crippen molar-refractivity contribution >= 4 is 17.4 Å². The smallest absolute Gasteiger partial charge is 0.299 e. The summed E-state index contributed by atoms with van der Waals surface area (Å²) in [5, 5.41) is 4.26. The van der Waals surface area contributed by atoms with Gasteiger partial charge in [0.15, 0.2) is 0 Å². The zero-order chi connectivity index (χ0) is 14.4. The lowest BCUT2D eigenvalue weighted by molar-refractivity contribution is -0.114. The van der Waals surface area contributed by atoms with Crippen molar-refractivity contribution in [2.45, 2.75) is 20.4 Å². The SMILES string of the molecule is Cc1ccc2c(c1)C(=O)C(=O)N2Cc1cc(C)nn1C. The van der Waals surface area contributed by atoms with Crippen LogP contribution in [-0.4, -0.2) is 21.5 Å². The number of hydrogen-bond donors (Lipinski definition) is 0. The number of carbonyl (C=O) groups excluding carboxylic acids is 2. The highest BCUT2D eigenvalue weighted by molar-refractivity contribution is 6.52. The Kier molecular flexibility index (Phi) is 2.71. The van der Waals surface area contributed by atoms with Crippen molar-refractivity contribution in [3.63, 3.8) is 0 Å². The fraction of sp³-hybridized carbons (Fsp3) is 0.267. The van der Waals surface area contributed by atoms with E-state index in [9.17, 15) is 9.59 Å². The molecule has 1 amide bonds. The van der Waals surface area contributed by atoms with Gasteiger partial charge in [0.1, 0.15) is 0 Å². The highest BCUT2D eigenvalue weighted by atomic mass is 16.2. The molecule has 0 atom stereocenters. The van der Waals surface area contributed by atoms with Crippen molar-refractivity contribution in [2.75, 3.05) is 4.90 Å². The van der Waals surface area contributed by atoms with Gasteiger partial charge in [-0.05, 0) is 32.0 Å². The summed E-state index contributed by atoms with van der Waals surface area (Å²) < 4.78 is 1.74. The second-order valence-electron chi connectivity index (χ2n) is 5.14. The summed E-state index contributed by atoms with van der Waals surface area (Å²) in [6, 6.07) is 7.43. The molecule has 2 aromatic rings. The topological polar surface area (TPSA) is 55.2 Å². The molecule has 0 fully saturated rings. The van der Waals surface area contributed by atoms with Gasteiger partial charge in [0.2, 0.25) is 0 Å². The van der Waals surface area contributed by atoms with Gasteiger partial charge in [-0.3, -0.25) is 19.2 Å². The quantitative estimate of drug-likeness (QED) is 0.781. The largest absolute Gasteiger partial charge is 0.299 e. The molecule has 0 aliphatic carbocycles. The Bertz CT molecular complexity index is 731. The molecule has 1 aromatic carbocycles. The first-order valence-electron chi connectivity index (χ1n) is 6.44. The van der Waals surface area contributed by atoms with Gasteiger partial charge in [0.05, 0.1) is 29.2 Å². The second kappa shape index (κ2) is 4.30. The highest BCUT2D eigenvalue weighted by Gasteiger charge is 2.36. The van der Waals surface area contributed by atoms with Gasteiger partial charge in [-0.1, -0.05) is 11.6 Å². The Morgan fingerprint density at radius 3 is 2.55 bits per heavy atom. The zero-order valence-electron chi connectivity index (χ0n) is 11.7. The van der Waals surface area contributed by atoms with Gasteiger partial charge in [-0.15, -0.1) is 0 Å². The van der Waals surface area contributed by atoms with Crippen molar-refractivity contribution < 1.29 is 9.59 Å². The number of benzene rings is 1. The molecule has 0 spiro atoms. The average molecular weight is 269 g/mol. The van der Waals surface area contributed by atoms with Crippen molar-refractivity contribution in [3.05, 3.63) is 46.8 Å². The van der Waals surface area contributed by atoms with Crippen molar-refractivity contribution in [3.8, 4) is 0 Å². The molecule has 0 radical (unpaired) electrons. The molecule has 5 nitrogen and oxygen atoms in total. The van der Waals surface area contributed by atoms with Crippen LogP contribution in [0.5, 0.6) is 0 Å². The predicted molar refractivity (Wildman–Crippen MR) is 74.6 cm³/mol. The minimum Gasteiger partial charge on any atom is -0.299 e. The summed E-state index contributed by atoms with van der Waals surface area (Å²) in [5.74, 6) is -0.896. The van der Waals surface area contributed by atoms with E-state index >= 15 is 0 Å². The first-order valence-corrected chi connectivity index (χ1v) is 6.44. The summed E-state index contributed by atoms with van der Waals surface area (Å²) in [6.45, 7) is 4.17. The number of anilines is 1. The van der Waals surface area contributed by atoms with Crippen LogP contribution in [-0.2, 0) is 18.4 Å². The molecule has 1 aromatic heterocycles. The van der Waals surface area contributed by atoms with E-state index in [-0.39, 0.29) is 0 Å². The third-order valence-electron chi connectivity index (χ3n) is 3.55. The number of ketones is 1. The molecule has 0 saturated heterocycles. The van der Waals surface area contributed by atoms with Crippen molar-refractivity contribution in [1.29, 1.82) is 0 Å². The lowest BCUT2D eigenvalue weighted by Crippen LogP contribution is -2.30. The van der Waals surface area contributed by atoms with Crippen molar-refractivity contribution in [1.82, 2.24) is 9.78 Å². The van der Waals surface area contributed by atoms with Crippen LogP contribution in [0.2, 0.25) is 0 Å². The molecule has 3 rings (SSSR count). The van der Waals surface area contributed by atoms with E-state index in [1.165, 1.54) is 4.90 Å². The Hall–Kier alpha value is -2.43. The van der Waals surface area contributed by atoms with Gasteiger partial charge in [0.25, 0.3) is 11.7 Å². The third-order valence-corrected chi connectivity index (χ3v) is 3.55. The van der Waals surface area contributed by atoms with Crippen LogP contribution in [0.15, 0.2) is 24.3 Å². The van der Waals surface area contributed by atoms with E-state index in [4.69, 9.17) is 0 Å². The van der Waals surface area contributed by atoms with Gasteiger partial charge < -0.3 is 0 Å². The molecule has 1 aliphatic heterocycles. The van der Waals surface area contributed by atoms with E-state index in [1.54, 1.807) is 10.7 Å². The van der Waals surface area contributed by atoms with Gasteiger partial charge >= 0.3 is 0 Å². The second-order valence-corrected chi connectivity index (χ2v) is 5.14. The van der Waals surface area contributed by atoms with Crippen LogP contribution in [0.25, 0.3) is 0 Å². The van der Waals surface area contributed by atoms with E-state index in [1.807, 2.05) is 39.1 Å². The predicted octanol–water partition coefficient (Wildman–Crippen LogP) is 1.77. The van der Waals surface area contributed by atoms with E-state index < -0.39 is 11.7 Å². The molecule has 2 heterocycles. The lowest BCUT2D eigenvalue weighted by Gasteiger charge is -2.16. The third kappa shape index (κ3) is 1.82. The molecule has 0 N–H and O–H groups in total. The van der Waals surface area contributed by atoms with E-state index in [0.29, 0.717) is 17.8 Å². The van der Waals surface area contributed by atoms with Crippen molar-refractivity contribution in [2.24, 2.45) is 7.05 Å². The maximum absolute atomic E-state index is 12.1. The van der Waals surface area contributed by atoms with Gasteiger partial charge in [-0.2, -0.15) is 5.10 Å². The first kappa shape index (κ1) is 12.6. The zero-order valence-corrected chi connectivity index (χ0v) is 11.7. The Balaban J connectivity index is 2.01. The first-order chi connectivity index (χ1) is 9.47.